The van der Waals surface area contributed by atoms with E-state index >= 15 is 0 Å². The summed E-state index contributed by atoms with van der Waals surface area (Å²) in [4.78, 5) is 44.6. The Bertz CT molecular complexity index is 406. The van der Waals surface area contributed by atoms with Crippen LogP contribution in [0, 0.1) is 0 Å². The van der Waals surface area contributed by atoms with Crippen molar-refractivity contribution < 1.29 is 33.4 Å². The number of esters is 3. The number of carbonyl (C=O) groups excluding carboxylic acids is 4. The van der Waals surface area contributed by atoms with Crippen molar-refractivity contribution in [2.24, 2.45) is 0 Å². The number of hydrogen-bond acceptors (Lipinski definition) is 7. The number of rotatable bonds is 3. The molecule has 1 N–H and O–H groups in total. The van der Waals surface area contributed by atoms with Crippen molar-refractivity contribution >= 4 is 23.8 Å². The van der Waals surface area contributed by atoms with Crippen LogP contribution in [0.5, 0.6) is 0 Å². The maximum absolute atomic E-state index is 11.6. The normalized spacial score (nSPS) is 26.1. The van der Waals surface area contributed by atoms with Gasteiger partial charge in [-0.15, -0.1) is 0 Å². The van der Waals surface area contributed by atoms with Crippen LogP contribution in [0.2, 0.25) is 0 Å². The van der Waals surface area contributed by atoms with E-state index in [9.17, 15) is 19.2 Å². The zero-order valence-corrected chi connectivity index (χ0v) is 10.8. The lowest BCUT2D eigenvalue weighted by Gasteiger charge is -2.35. The first-order valence-corrected chi connectivity index (χ1v) is 5.60. The highest BCUT2D eigenvalue weighted by Crippen LogP contribution is 2.17. The third kappa shape index (κ3) is 4.23. The molecular weight excluding hydrogens is 258 g/mol. The van der Waals surface area contributed by atoms with Crippen LogP contribution < -0.4 is 5.32 Å². The van der Waals surface area contributed by atoms with E-state index in [1.807, 2.05) is 0 Å². The van der Waals surface area contributed by atoms with Crippen molar-refractivity contribution in [3.63, 3.8) is 0 Å². The van der Waals surface area contributed by atoms with Crippen LogP contribution in [0.25, 0.3) is 0 Å². The van der Waals surface area contributed by atoms with E-state index in [-0.39, 0.29) is 6.54 Å². The molecule has 1 heterocycles. The fourth-order valence-corrected chi connectivity index (χ4v) is 1.71. The molecule has 0 aromatic rings. The smallest absolute Gasteiger partial charge is 0.303 e. The molecule has 0 aromatic heterocycles. The van der Waals surface area contributed by atoms with Crippen molar-refractivity contribution in [3.05, 3.63) is 0 Å². The standard InChI is InChI=1S/C11H15NO7/c1-5(13)17-8-4-12-11(16)10(19-7(3)15)9(8)18-6(2)14/h8-10H,4H2,1-3H3,(H,12,16)/t8-,9-,10-/m1/s1. The molecule has 8 nitrogen and oxygen atoms in total. The van der Waals surface area contributed by atoms with Crippen LogP contribution in [0.3, 0.4) is 0 Å². The highest BCUT2D eigenvalue weighted by molar-refractivity contribution is 5.85. The van der Waals surface area contributed by atoms with Gasteiger partial charge in [0.2, 0.25) is 6.10 Å². The van der Waals surface area contributed by atoms with Crippen LogP contribution in [-0.2, 0) is 33.4 Å². The molecule has 1 aliphatic heterocycles. The van der Waals surface area contributed by atoms with Crippen LogP contribution in [0.1, 0.15) is 20.8 Å². The summed E-state index contributed by atoms with van der Waals surface area (Å²) in [6.07, 6.45) is -3.39. The molecule has 0 aromatic carbocycles. The number of hydrogen-bond donors (Lipinski definition) is 1. The van der Waals surface area contributed by atoms with Gasteiger partial charge in [0.25, 0.3) is 5.91 Å². The van der Waals surface area contributed by atoms with Gasteiger partial charge in [-0.25, -0.2) is 0 Å². The first-order chi connectivity index (χ1) is 8.81. The molecule has 1 amide bonds. The van der Waals surface area contributed by atoms with E-state index in [1.54, 1.807) is 0 Å². The van der Waals surface area contributed by atoms with Crippen LogP contribution in [-0.4, -0.2) is 48.7 Å². The Balaban J connectivity index is 2.93. The molecule has 0 spiro atoms. The van der Waals surface area contributed by atoms with E-state index in [2.05, 4.69) is 5.32 Å². The van der Waals surface area contributed by atoms with E-state index in [4.69, 9.17) is 14.2 Å². The van der Waals surface area contributed by atoms with Gasteiger partial charge in [-0.3, -0.25) is 19.2 Å². The van der Waals surface area contributed by atoms with Gasteiger partial charge in [0.15, 0.2) is 12.2 Å². The van der Waals surface area contributed by atoms with Crippen molar-refractivity contribution in [2.75, 3.05) is 6.54 Å². The maximum Gasteiger partial charge on any atom is 0.303 e. The van der Waals surface area contributed by atoms with Crippen LogP contribution >= 0.6 is 0 Å². The average molecular weight is 273 g/mol. The molecule has 0 aliphatic carbocycles. The Hall–Kier alpha value is -2.12. The molecule has 1 rings (SSSR count). The van der Waals surface area contributed by atoms with Gasteiger partial charge >= 0.3 is 17.9 Å². The summed E-state index contributed by atoms with van der Waals surface area (Å²) in [6.45, 7) is 3.42. The molecule has 8 heteroatoms. The predicted molar refractivity (Wildman–Crippen MR) is 59.7 cm³/mol. The fourth-order valence-electron chi connectivity index (χ4n) is 1.71. The number of nitrogens with one attached hydrogen (secondary N) is 1. The number of ether oxygens (including phenoxy) is 3. The van der Waals surface area contributed by atoms with Crippen LogP contribution in [0.4, 0.5) is 0 Å². The average Bonchev–Trinajstić information content (AvgIpc) is 2.25. The van der Waals surface area contributed by atoms with Gasteiger partial charge in [0, 0.05) is 20.8 Å². The predicted octanol–water partition coefficient (Wildman–Crippen LogP) is -1.09. The SMILES string of the molecule is CC(=O)O[C@@H]1[C@H](OC(C)=O)CNC(=O)[C@@H]1OC(C)=O. The summed E-state index contributed by atoms with van der Waals surface area (Å²) in [6, 6.07) is 0. The molecule has 106 valence electrons. The lowest BCUT2D eigenvalue weighted by atomic mass is 10.0. The quantitative estimate of drug-likeness (QED) is 0.514. The van der Waals surface area contributed by atoms with Gasteiger partial charge in [0.1, 0.15) is 0 Å². The fraction of sp³-hybridized carbons (Fsp3) is 0.636. The molecule has 0 unspecified atom stereocenters. The van der Waals surface area contributed by atoms with Gasteiger partial charge < -0.3 is 19.5 Å². The second kappa shape index (κ2) is 6.17. The Morgan fingerprint density at radius 2 is 1.53 bits per heavy atom. The van der Waals surface area contributed by atoms with E-state index < -0.39 is 42.1 Å². The third-order valence-corrected chi connectivity index (χ3v) is 2.31. The molecule has 0 bridgehead atoms. The van der Waals surface area contributed by atoms with Gasteiger partial charge in [-0.2, -0.15) is 0 Å². The van der Waals surface area contributed by atoms with Crippen molar-refractivity contribution in [3.8, 4) is 0 Å². The Morgan fingerprint density at radius 3 is 2.00 bits per heavy atom. The lowest BCUT2D eigenvalue weighted by molar-refractivity contribution is -0.190. The minimum absolute atomic E-state index is 0.0197. The van der Waals surface area contributed by atoms with Gasteiger partial charge in [-0.1, -0.05) is 0 Å². The summed E-state index contributed by atoms with van der Waals surface area (Å²) >= 11 is 0. The minimum Gasteiger partial charge on any atom is -0.457 e. The van der Waals surface area contributed by atoms with Gasteiger partial charge in [-0.05, 0) is 0 Å². The largest absolute Gasteiger partial charge is 0.457 e. The molecule has 1 fully saturated rings. The van der Waals surface area contributed by atoms with Crippen molar-refractivity contribution in [2.45, 2.75) is 39.1 Å². The summed E-state index contributed by atoms with van der Waals surface area (Å²) in [5, 5.41) is 2.41. The summed E-state index contributed by atoms with van der Waals surface area (Å²) in [5.41, 5.74) is 0. The molecule has 3 atom stereocenters. The number of amides is 1. The Kier molecular flexibility index (Phi) is 4.85. The Labute approximate surface area is 109 Å². The zero-order valence-electron chi connectivity index (χ0n) is 10.8. The third-order valence-electron chi connectivity index (χ3n) is 2.31. The minimum atomic E-state index is -1.33. The first kappa shape index (κ1) is 14.9. The van der Waals surface area contributed by atoms with E-state index in [0.29, 0.717) is 0 Å². The molecule has 1 aliphatic rings. The highest BCUT2D eigenvalue weighted by atomic mass is 16.6. The van der Waals surface area contributed by atoms with E-state index in [0.717, 1.165) is 13.8 Å². The topological polar surface area (TPSA) is 108 Å². The summed E-state index contributed by atoms with van der Waals surface area (Å²) in [7, 11) is 0. The van der Waals surface area contributed by atoms with E-state index in [1.165, 1.54) is 6.92 Å². The molecule has 0 saturated carbocycles. The zero-order chi connectivity index (χ0) is 14.6. The maximum atomic E-state index is 11.6. The second-order valence-corrected chi connectivity index (χ2v) is 4.00. The lowest BCUT2D eigenvalue weighted by Crippen LogP contribution is -2.60. The molecule has 19 heavy (non-hydrogen) atoms. The van der Waals surface area contributed by atoms with Gasteiger partial charge in [0.05, 0.1) is 6.54 Å². The molecule has 0 radical (unpaired) electrons. The number of carbonyl (C=O) groups is 4. The molecule has 1 saturated heterocycles. The second-order valence-electron chi connectivity index (χ2n) is 4.00. The highest BCUT2D eigenvalue weighted by Gasteiger charge is 2.45. The summed E-state index contributed by atoms with van der Waals surface area (Å²) < 4.78 is 14.7. The Morgan fingerprint density at radius 1 is 1.00 bits per heavy atom. The summed E-state index contributed by atoms with van der Waals surface area (Å²) in [5.74, 6) is -2.58. The number of piperidine rings is 1. The van der Waals surface area contributed by atoms with Crippen molar-refractivity contribution in [1.82, 2.24) is 5.32 Å². The monoisotopic (exact) mass is 273 g/mol. The van der Waals surface area contributed by atoms with Crippen molar-refractivity contribution in [1.29, 1.82) is 0 Å². The molecular formula is C11H15NO7. The van der Waals surface area contributed by atoms with Crippen LogP contribution in [0.15, 0.2) is 0 Å². The first-order valence-electron chi connectivity index (χ1n) is 5.60.